The molecule has 76 valence electrons. The van der Waals surface area contributed by atoms with E-state index in [1.807, 2.05) is 6.08 Å². The highest BCUT2D eigenvalue weighted by atomic mass is 32.1. The summed E-state index contributed by atoms with van der Waals surface area (Å²) in [6, 6.07) is 0.362. The van der Waals surface area contributed by atoms with Crippen molar-refractivity contribution >= 4 is 11.3 Å². The van der Waals surface area contributed by atoms with Crippen LogP contribution < -0.4 is 5.32 Å². The zero-order chi connectivity index (χ0) is 9.97. The van der Waals surface area contributed by atoms with Crippen molar-refractivity contribution in [3.63, 3.8) is 0 Å². The molecule has 1 aliphatic carbocycles. The minimum atomic E-state index is 0.362. The summed E-state index contributed by atoms with van der Waals surface area (Å²) >= 11 is 1.80. The lowest BCUT2D eigenvalue weighted by atomic mass is 10.3. The molecule has 1 aromatic heterocycles. The van der Waals surface area contributed by atoms with Gasteiger partial charge in [0.15, 0.2) is 0 Å². The number of rotatable bonds is 5. The first-order valence-electron chi connectivity index (χ1n) is 5.10. The zero-order valence-electron chi connectivity index (χ0n) is 8.49. The van der Waals surface area contributed by atoms with E-state index in [9.17, 15) is 0 Å². The molecule has 2 nitrogen and oxygen atoms in total. The van der Waals surface area contributed by atoms with Crippen molar-refractivity contribution in [2.45, 2.75) is 38.3 Å². The maximum absolute atomic E-state index is 4.60. The second kappa shape index (κ2) is 4.24. The highest BCUT2D eigenvalue weighted by Crippen LogP contribution is 2.41. The molecule has 0 saturated heterocycles. The molecule has 1 aliphatic rings. The zero-order valence-corrected chi connectivity index (χ0v) is 9.31. The Balaban J connectivity index is 1.86. The number of hydrogen-bond donors (Lipinski definition) is 1. The van der Waals surface area contributed by atoms with Crippen LogP contribution in [0.1, 0.15) is 36.4 Å². The van der Waals surface area contributed by atoms with E-state index in [0.717, 1.165) is 12.5 Å². The smallest absolute Gasteiger partial charge is 0.0959 e. The third-order valence-electron chi connectivity index (χ3n) is 2.45. The monoisotopic (exact) mass is 208 g/mol. The van der Waals surface area contributed by atoms with Crippen molar-refractivity contribution in [2.75, 3.05) is 0 Å². The van der Waals surface area contributed by atoms with Crippen LogP contribution in [0.5, 0.6) is 0 Å². The predicted octanol–water partition coefficient (Wildman–Crippen LogP) is 2.68. The molecule has 0 amide bonds. The number of nitrogens with one attached hydrogen (secondary N) is 1. The highest BCUT2D eigenvalue weighted by Gasteiger charge is 2.26. The lowest BCUT2D eigenvalue weighted by Gasteiger charge is -2.06. The van der Waals surface area contributed by atoms with Gasteiger partial charge >= 0.3 is 0 Å². The highest BCUT2D eigenvalue weighted by molar-refractivity contribution is 7.09. The summed E-state index contributed by atoms with van der Waals surface area (Å²) in [6.45, 7) is 6.69. The first-order valence-corrected chi connectivity index (χ1v) is 5.98. The lowest BCUT2D eigenvalue weighted by Crippen LogP contribution is -2.23. The van der Waals surface area contributed by atoms with Crippen LogP contribution in [0.25, 0.3) is 0 Å². The van der Waals surface area contributed by atoms with Gasteiger partial charge in [0.25, 0.3) is 0 Å². The average Bonchev–Trinajstić information content (AvgIpc) is 2.95. The number of nitrogens with zero attached hydrogens (tertiary/aromatic N) is 1. The maximum Gasteiger partial charge on any atom is 0.0959 e. The van der Waals surface area contributed by atoms with Gasteiger partial charge in [-0.2, -0.15) is 0 Å². The molecular weight excluding hydrogens is 192 g/mol. The average molecular weight is 208 g/mol. The third kappa shape index (κ3) is 2.42. The summed E-state index contributed by atoms with van der Waals surface area (Å²) in [5, 5.41) is 6.84. The molecule has 1 heterocycles. The molecule has 1 fully saturated rings. The molecule has 0 aliphatic heterocycles. The molecule has 1 atom stereocenters. The summed E-state index contributed by atoms with van der Waals surface area (Å²) in [5.74, 6) is 0.783. The lowest BCUT2D eigenvalue weighted by molar-refractivity contribution is 0.625. The first kappa shape index (κ1) is 9.87. The normalized spacial score (nSPS) is 18.1. The molecule has 2 rings (SSSR count). The van der Waals surface area contributed by atoms with Crippen LogP contribution in [0.15, 0.2) is 18.0 Å². The summed E-state index contributed by atoms with van der Waals surface area (Å²) in [6.07, 6.45) is 4.58. The Morgan fingerprint density at radius 2 is 2.57 bits per heavy atom. The van der Waals surface area contributed by atoms with Gasteiger partial charge in [-0.15, -0.1) is 17.9 Å². The molecule has 0 bridgehead atoms. The minimum Gasteiger partial charge on any atom is -0.305 e. The Bertz CT molecular complexity index is 315. The molecule has 1 saturated carbocycles. The summed E-state index contributed by atoms with van der Waals surface area (Å²) in [7, 11) is 0. The molecule has 14 heavy (non-hydrogen) atoms. The quantitative estimate of drug-likeness (QED) is 0.753. The van der Waals surface area contributed by atoms with Crippen molar-refractivity contribution in [1.82, 2.24) is 10.3 Å². The van der Waals surface area contributed by atoms with Crippen LogP contribution in [0, 0.1) is 0 Å². The molecule has 1 aromatic rings. The molecule has 1 unspecified atom stereocenters. The van der Waals surface area contributed by atoms with Gasteiger partial charge in [0.2, 0.25) is 0 Å². The van der Waals surface area contributed by atoms with Crippen molar-refractivity contribution in [2.24, 2.45) is 0 Å². The van der Waals surface area contributed by atoms with Crippen molar-refractivity contribution < 1.29 is 0 Å². The molecule has 0 radical (unpaired) electrons. The van der Waals surface area contributed by atoms with Crippen LogP contribution in [-0.2, 0) is 6.54 Å². The Morgan fingerprint density at radius 3 is 3.21 bits per heavy atom. The second-order valence-corrected chi connectivity index (χ2v) is 4.75. The van der Waals surface area contributed by atoms with Gasteiger partial charge in [-0.25, -0.2) is 4.98 Å². The van der Waals surface area contributed by atoms with Crippen LogP contribution in [0.2, 0.25) is 0 Å². The van der Waals surface area contributed by atoms with E-state index in [-0.39, 0.29) is 0 Å². The van der Waals surface area contributed by atoms with Crippen molar-refractivity contribution in [3.05, 3.63) is 28.7 Å². The number of thiazole rings is 1. The fraction of sp³-hybridized carbons (Fsp3) is 0.545. The van der Waals surface area contributed by atoms with Crippen molar-refractivity contribution in [1.29, 1.82) is 0 Å². The Labute approximate surface area is 89.1 Å². The van der Waals surface area contributed by atoms with Crippen LogP contribution in [0.4, 0.5) is 0 Å². The van der Waals surface area contributed by atoms with E-state index in [0.29, 0.717) is 6.04 Å². The van der Waals surface area contributed by atoms with Gasteiger partial charge in [-0.3, -0.25) is 0 Å². The van der Waals surface area contributed by atoms with Gasteiger partial charge in [0, 0.05) is 23.9 Å². The van der Waals surface area contributed by atoms with Crippen LogP contribution in [0.3, 0.4) is 0 Å². The van der Waals surface area contributed by atoms with E-state index >= 15 is 0 Å². The SMILES string of the molecule is C=CC(C)NCc1csc(C2CC2)n1. The van der Waals surface area contributed by atoms with E-state index < -0.39 is 0 Å². The predicted molar refractivity (Wildman–Crippen MR) is 60.6 cm³/mol. The van der Waals surface area contributed by atoms with E-state index in [1.165, 1.54) is 23.5 Å². The number of aromatic nitrogens is 1. The van der Waals surface area contributed by atoms with Crippen LogP contribution >= 0.6 is 11.3 Å². The summed E-state index contributed by atoms with van der Waals surface area (Å²) < 4.78 is 0. The molecule has 1 N–H and O–H groups in total. The Hall–Kier alpha value is -0.670. The second-order valence-electron chi connectivity index (χ2n) is 3.86. The molecule has 3 heteroatoms. The topological polar surface area (TPSA) is 24.9 Å². The van der Waals surface area contributed by atoms with Gasteiger partial charge in [-0.05, 0) is 19.8 Å². The first-order chi connectivity index (χ1) is 6.79. The fourth-order valence-electron chi connectivity index (χ4n) is 1.27. The van der Waals surface area contributed by atoms with Crippen molar-refractivity contribution in [3.8, 4) is 0 Å². The van der Waals surface area contributed by atoms with E-state index in [4.69, 9.17) is 0 Å². The van der Waals surface area contributed by atoms with E-state index in [1.54, 1.807) is 11.3 Å². The molecule has 0 spiro atoms. The molecular formula is C11H16N2S. The van der Waals surface area contributed by atoms with E-state index in [2.05, 4.69) is 29.2 Å². The fourth-order valence-corrected chi connectivity index (χ4v) is 2.26. The minimum absolute atomic E-state index is 0.362. The number of hydrogen-bond acceptors (Lipinski definition) is 3. The van der Waals surface area contributed by atoms with Gasteiger partial charge in [0.05, 0.1) is 10.7 Å². The Kier molecular flexibility index (Phi) is 2.99. The van der Waals surface area contributed by atoms with Gasteiger partial charge in [0.1, 0.15) is 0 Å². The molecule has 0 aromatic carbocycles. The summed E-state index contributed by atoms with van der Waals surface area (Å²) in [4.78, 5) is 4.60. The van der Waals surface area contributed by atoms with Gasteiger partial charge < -0.3 is 5.32 Å². The maximum atomic E-state index is 4.60. The standard InChI is InChI=1S/C11H16N2S/c1-3-8(2)12-6-10-7-14-11(13-10)9-4-5-9/h3,7-9,12H,1,4-6H2,2H3. The van der Waals surface area contributed by atoms with Crippen LogP contribution in [-0.4, -0.2) is 11.0 Å². The Morgan fingerprint density at radius 1 is 1.79 bits per heavy atom. The largest absolute Gasteiger partial charge is 0.305 e. The third-order valence-corrected chi connectivity index (χ3v) is 3.51. The van der Waals surface area contributed by atoms with Gasteiger partial charge in [-0.1, -0.05) is 6.08 Å². The summed E-state index contributed by atoms with van der Waals surface area (Å²) in [5.41, 5.74) is 1.17.